The Hall–Kier alpha value is -1.81. The van der Waals surface area contributed by atoms with Crippen LogP contribution in [-0.4, -0.2) is 22.2 Å². The van der Waals surface area contributed by atoms with Gasteiger partial charge in [0.15, 0.2) is 0 Å². The molecule has 1 rings (SSSR count). The number of carbonyl (C=O) groups is 1. The zero-order valence-corrected chi connectivity index (χ0v) is 9.97. The molecule has 94 valence electrons. The fourth-order valence-electron chi connectivity index (χ4n) is 0.973. The monoisotopic (exact) mass is 237 g/mol. The molecule has 1 aromatic rings. The molecule has 1 atom stereocenters. The highest BCUT2D eigenvalue weighted by atomic mass is 16.4. The molecule has 17 heavy (non-hydrogen) atoms. The van der Waals surface area contributed by atoms with Gasteiger partial charge in [0, 0.05) is 0 Å². The van der Waals surface area contributed by atoms with Gasteiger partial charge in [0.2, 0.25) is 0 Å². The third kappa shape index (κ3) is 7.14. The van der Waals surface area contributed by atoms with E-state index in [0.717, 1.165) is 12.0 Å². The highest BCUT2D eigenvalue weighted by Crippen LogP contribution is 2.10. The van der Waals surface area contributed by atoms with Gasteiger partial charge in [-0.25, -0.2) is 0 Å². The first-order valence-electron chi connectivity index (χ1n) is 5.38. The van der Waals surface area contributed by atoms with Crippen LogP contribution in [0.4, 0.5) is 0 Å². The fraction of sp³-hybridized carbons (Fsp3) is 0.308. The molecule has 0 amide bonds. The van der Waals surface area contributed by atoms with Crippen LogP contribution in [0.15, 0.2) is 36.9 Å². The zero-order valence-electron chi connectivity index (χ0n) is 9.97. The third-order valence-corrected chi connectivity index (χ3v) is 2.00. The van der Waals surface area contributed by atoms with E-state index in [1.807, 2.05) is 6.08 Å². The summed E-state index contributed by atoms with van der Waals surface area (Å²) in [5, 5.41) is 17.5. The Morgan fingerprint density at radius 1 is 1.47 bits per heavy atom. The van der Waals surface area contributed by atoms with Crippen molar-refractivity contribution in [2.24, 2.45) is 5.73 Å². The molecule has 0 saturated heterocycles. The zero-order chi connectivity index (χ0) is 13.3. The van der Waals surface area contributed by atoms with Gasteiger partial charge in [-0.3, -0.25) is 4.79 Å². The second kappa shape index (κ2) is 8.35. The average molecular weight is 237 g/mol. The van der Waals surface area contributed by atoms with Crippen molar-refractivity contribution in [1.29, 1.82) is 0 Å². The summed E-state index contributed by atoms with van der Waals surface area (Å²) in [5.41, 5.74) is 6.12. The number of phenols is 1. The van der Waals surface area contributed by atoms with Gasteiger partial charge in [0.1, 0.15) is 11.8 Å². The maximum Gasteiger partial charge on any atom is 0.320 e. The Balaban J connectivity index is 0.000000557. The van der Waals surface area contributed by atoms with Crippen LogP contribution in [0.3, 0.4) is 0 Å². The van der Waals surface area contributed by atoms with E-state index in [1.54, 1.807) is 12.1 Å². The smallest absolute Gasteiger partial charge is 0.320 e. The molecule has 0 bridgehead atoms. The van der Waals surface area contributed by atoms with Gasteiger partial charge in [-0.2, -0.15) is 0 Å². The quantitative estimate of drug-likeness (QED) is 0.699. The Bertz CT molecular complexity index is 346. The van der Waals surface area contributed by atoms with Crippen LogP contribution < -0.4 is 5.73 Å². The summed E-state index contributed by atoms with van der Waals surface area (Å²) in [4.78, 5) is 10.4. The number of benzene rings is 1. The summed E-state index contributed by atoms with van der Waals surface area (Å²) in [6, 6.07) is 5.42. The minimum Gasteiger partial charge on any atom is -0.508 e. The first-order chi connectivity index (χ1) is 8.01. The number of rotatable bonds is 4. The molecule has 1 aromatic carbocycles. The summed E-state index contributed by atoms with van der Waals surface area (Å²) < 4.78 is 0. The van der Waals surface area contributed by atoms with Crippen LogP contribution in [-0.2, 0) is 11.2 Å². The first-order valence-corrected chi connectivity index (χ1v) is 5.38. The summed E-state index contributed by atoms with van der Waals surface area (Å²) >= 11 is 0. The number of nitrogens with two attached hydrogens (primary N) is 1. The van der Waals surface area contributed by atoms with Crippen LogP contribution >= 0.6 is 0 Å². The van der Waals surface area contributed by atoms with Crippen LogP contribution in [0.1, 0.15) is 18.9 Å². The molecule has 4 nitrogen and oxygen atoms in total. The molecule has 0 aromatic heterocycles. The summed E-state index contributed by atoms with van der Waals surface area (Å²) in [7, 11) is 0. The maximum absolute atomic E-state index is 10.4. The summed E-state index contributed by atoms with van der Waals surface area (Å²) in [5.74, 6) is -0.860. The summed E-state index contributed by atoms with van der Waals surface area (Å²) in [6.07, 6.45) is 3.23. The molecule has 1 unspecified atom stereocenters. The minimum atomic E-state index is -1.02. The molecular weight excluding hydrogens is 218 g/mol. The van der Waals surface area contributed by atoms with Gasteiger partial charge in [0.05, 0.1) is 0 Å². The molecular formula is C13H19NO3. The lowest BCUT2D eigenvalue weighted by Crippen LogP contribution is -2.32. The summed E-state index contributed by atoms with van der Waals surface area (Å²) in [6.45, 7) is 5.54. The molecule has 4 heteroatoms. The number of hydrogen-bond acceptors (Lipinski definition) is 3. The van der Waals surface area contributed by atoms with Crippen LogP contribution in [0, 0.1) is 0 Å². The molecule has 0 aliphatic rings. The number of aliphatic carboxylic acids is 1. The van der Waals surface area contributed by atoms with E-state index >= 15 is 0 Å². The lowest BCUT2D eigenvalue weighted by molar-refractivity contribution is -0.138. The van der Waals surface area contributed by atoms with Crippen LogP contribution in [0.25, 0.3) is 0 Å². The SMILES string of the molecule is C=CCC.NC(Cc1ccc(O)cc1)C(=O)O. The molecule has 0 fully saturated rings. The number of allylic oxidation sites excluding steroid dienone is 1. The first kappa shape index (κ1) is 15.2. The molecule has 0 aliphatic heterocycles. The molecule has 0 spiro atoms. The van der Waals surface area contributed by atoms with Crippen molar-refractivity contribution in [2.45, 2.75) is 25.8 Å². The van der Waals surface area contributed by atoms with Gasteiger partial charge in [-0.05, 0) is 30.5 Å². The fourth-order valence-corrected chi connectivity index (χ4v) is 0.973. The second-order valence-electron chi connectivity index (χ2n) is 3.51. The lowest BCUT2D eigenvalue weighted by Gasteiger charge is -2.05. The molecule has 0 saturated carbocycles. The number of phenolic OH excluding ortho intramolecular Hbond substituents is 1. The molecule has 0 radical (unpaired) electrons. The van der Waals surface area contributed by atoms with Gasteiger partial charge in [-0.15, -0.1) is 6.58 Å². The van der Waals surface area contributed by atoms with Crippen molar-refractivity contribution in [2.75, 3.05) is 0 Å². The number of aromatic hydroxyl groups is 1. The molecule has 4 N–H and O–H groups in total. The standard InChI is InChI=1S/C9H11NO3.C4H8/c10-8(9(12)13)5-6-1-3-7(11)4-2-6;1-3-4-2/h1-4,8,11H,5,10H2,(H,12,13);3H,1,4H2,2H3. The van der Waals surface area contributed by atoms with Crippen molar-refractivity contribution >= 4 is 5.97 Å². The predicted octanol–water partition coefficient (Wildman–Crippen LogP) is 1.93. The minimum absolute atomic E-state index is 0.160. The lowest BCUT2D eigenvalue weighted by atomic mass is 10.1. The van der Waals surface area contributed by atoms with Crippen molar-refractivity contribution in [3.63, 3.8) is 0 Å². The normalized spacial score (nSPS) is 10.9. The van der Waals surface area contributed by atoms with Crippen LogP contribution in [0.5, 0.6) is 5.75 Å². The highest BCUT2D eigenvalue weighted by molar-refractivity contribution is 5.73. The number of hydrogen-bond donors (Lipinski definition) is 3. The Labute approximate surface area is 101 Å². The largest absolute Gasteiger partial charge is 0.508 e. The second-order valence-corrected chi connectivity index (χ2v) is 3.51. The van der Waals surface area contributed by atoms with E-state index in [4.69, 9.17) is 15.9 Å². The van der Waals surface area contributed by atoms with Crippen molar-refractivity contribution < 1.29 is 15.0 Å². The van der Waals surface area contributed by atoms with E-state index in [1.165, 1.54) is 12.1 Å². The predicted molar refractivity (Wildman–Crippen MR) is 67.9 cm³/mol. The molecule has 0 aliphatic carbocycles. The highest BCUT2D eigenvalue weighted by Gasteiger charge is 2.11. The Kier molecular flexibility index (Phi) is 7.46. The van der Waals surface area contributed by atoms with Gasteiger partial charge < -0.3 is 15.9 Å². The average Bonchev–Trinajstić information content (AvgIpc) is 2.32. The van der Waals surface area contributed by atoms with E-state index in [9.17, 15) is 4.79 Å². The topological polar surface area (TPSA) is 83.5 Å². The Morgan fingerprint density at radius 3 is 2.29 bits per heavy atom. The van der Waals surface area contributed by atoms with Gasteiger partial charge in [0.25, 0.3) is 0 Å². The molecule has 0 heterocycles. The van der Waals surface area contributed by atoms with Gasteiger partial charge in [-0.1, -0.05) is 25.1 Å². The van der Waals surface area contributed by atoms with Crippen molar-refractivity contribution in [3.8, 4) is 5.75 Å². The number of carboxylic acid groups (broad SMARTS) is 1. The van der Waals surface area contributed by atoms with E-state index in [-0.39, 0.29) is 12.2 Å². The van der Waals surface area contributed by atoms with Gasteiger partial charge >= 0.3 is 5.97 Å². The van der Waals surface area contributed by atoms with Crippen molar-refractivity contribution in [3.05, 3.63) is 42.5 Å². The third-order valence-electron chi connectivity index (χ3n) is 2.00. The Morgan fingerprint density at radius 2 is 1.94 bits per heavy atom. The number of carboxylic acids is 1. The van der Waals surface area contributed by atoms with Crippen LogP contribution in [0.2, 0.25) is 0 Å². The van der Waals surface area contributed by atoms with E-state index < -0.39 is 12.0 Å². The van der Waals surface area contributed by atoms with E-state index in [2.05, 4.69) is 13.5 Å². The maximum atomic E-state index is 10.4. The van der Waals surface area contributed by atoms with E-state index in [0.29, 0.717) is 0 Å². The van der Waals surface area contributed by atoms with Crippen molar-refractivity contribution in [1.82, 2.24) is 0 Å².